The second-order valence-electron chi connectivity index (χ2n) is 4.68. The number of tetrazole rings is 1. The maximum Gasteiger partial charge on any atom is 0.269 e. The standard InChI is InChI=1S/C14H12N6O2/c21-12(13(22)14-16-18-19-17-14)7-10-4-6-20(8-10)9-11-3-1-2-5-15-11/h1-6,8H,7,9H2,(H,16,17,18,19). The molecule has 0 aliphatic rings. The highest BCUT2D eigenvalue weighted by molar-refractivity contribution is 6.43. The quantitative estimate of drug-likeness (QED) is 0.522. The first-order valence-electron chi connectivity index (χ1n) is 6.58. The third-order valence-electron chi connectivity index (χ3n) is 3.05. The van der Waals surface area contributed by atoms with Crippen LogP contribution in [0.15, 0.2) is 42.9 Å². The minimum Gasteiger partial charge on any atom is -0.348 e. The zero-order valence-electron chi connectivity index (χ0n) is 11.5. The van der Waals surface area contributed by atoms with Crippen molar-refractivity contribution in [2.45, 2.75) is 13.0 Å². The van der Waals surface area contributed by atoms with Crippen LogP contribution in [-0.4, -0.2) is 41.7 Å². The van der Waals surface area contributed by atoms with Gasteiger partial charge in [-0.3, -0.25) is 14.6 Å². The van der Waals surface area contributed by atoms with Crippen LogP contribution in [0.4, 0.5) is 0 Å². The predicted octanol–water partition coefficient (Wildman–Crippen LogP) is 0.439. The van der Waals surface area contributed by atoms with Crippen molar-refractivity contribution in [2.24, 2.45) is 0 Å². The Morgan fingerprint density at radius 2 is 2.14 bits per heavy atom. The first-order chi connectivity index (χ1) is 10.7. The van der Waals surface area contributed by atoms with Crippen LogP contribution in [0.3, 0.4) is 0 Å². The molecule has 0 saturated heterocycles. The average molecular weight is 296 g/mol. The monoisotopic (exact) mass is 296 g/mol. The summed E-state index contributed by atoms with van der Waals surface area (Å²) in [6.45, 7) is 0.605. The highest BCUT2D eigenvalue weighted by Crippen LogP contribution is 2.07. The van der Waals surface area contributed by atoms with Gasteiger partial charge in [0.15, 0.2) is 0 Å². The smallest absolute Gasteiger partial charge is 0.269 e. The van der Waals surface area contributed by atoms with Gasteiger partial charge in [-0.15, -0.1) is 10.2 Å². The minimum atomic E-state index is -0.744. The first-order valence-corrected chi connectivity index (χ1v) is 6.58. The molecular weight excluding hydrogens is 284 g/mol. The van der Waals surface area contributed by atoms with E-state index in [0.29, 0.717) is 6.54 Å². The van der Waals surface area contributed by atoms with Gasteiger partial charge in [0.2, 0.25) is 11.6 Å². The van der Waals surface area contributed by atoms with E-state index in [2.05, 4.69) is 25.6 Å². The average Bonchev–Trinajstić information content (AvgIpc) is 3.19. The number of aromatic amines is 1. The summed E-state index contributed by atoms with van der Waals surface area (Å²) in [5.74, 6) is -1.53. The van der Waals surface area contributed by atoms with Gasteiger partial charge in [0.1, 0.15) is 0 Å². The summed E-state index contributed by atoms with van der Waals surface area (Å²) >= 11 is 0. The van der Waals surface area contributed by atoms with Gasteiger partial charge in [0, 0.05) is 25.0 Å². The number of H-pyrrole nitrogens is 1. The van der Waals surface area contributed by atoms with Crippen LogP contribution in [0, 0.1) is 0 Å². The van der Waals surface area contributed by atoms with E-state index in [1.165, 1.54) is 0 Å². The molecule has 0 unspecified atom stereocenters. The molecule has 0 bridgehead atoms. The fraction of sp³-hybridized carbons (Fsp3) is 0.143. The molecule has 0 saturated carbocycles. The van der Waals surface area contributed by atoms with Crippen molar-refractivity contribution in [1.29, 1.82) is 0 Å². The van der Waals surface area contributed by atoms with Crippen LogP contribution >= 0.6 is 0 Å². The van der Waals surface area contributed by atoms with E-state index >= 15 is 0 Å². The van der Waals surface area contributed by atoms with Gasteiger partial charge in [-0.2, -0.15) is 5.21 Å². The Kier molecular flexibility index (Phi) is 3.82. The molecule has 0 radical (unpaired) electrons. The Labute approximate surface area is 125 Å². The summed E-state index contributed by atoms with van der Waals surface area (Å²) in [6, 6.07) is 7.49. The van der Waals surface area contributed by atoms with Crippen LogP contribution in [0.2, 0.25) is 0 Å². The number of nitrogens with one attached hydrogen (secondary N) is 1. The van der Waals surface area contributed by atoms with E-state index < -0.39 is 11.6 Å². The molecule has 0 fully saturated rings. The normalized spacial score (nSPS) is 10.5. The molecule has 22 heavy (non-hydrogen) atoms. The van der Waals surface area contributed by atoms with Crippen molar-refractivity contribution in [1.82, 2.24) is 30.2 Å². The maximum absolute atomic E-state index is 11.9. The molecule has 8 heteroatoms. The van der Waals surface area contributed by atoms with E-state index in [1.54, 1.807) is 12.3 Å². The predicted molar refractivity (Wildman–Crippen MR) is 75.0 cm³/mol. The Bertz CT molecular complexity index is 779. The highest BCUT2D eigenvalue weighted by atomic mass is 16.2. The molecule has 3 rings (SSSR count). The molecule has 3 aromatic heterocycles. The number of pyridine rings is 1. The number of hydrogen-bond acceptors (Lipinski definition) is 6. The van der Waals surface area contributed by atoms with Crippen molar-refractivity contribution >= 4 is 11.6 Å². The third-order valence-corrected chi connectivity index (χ3v) is 3.05. The maximum atomic E-state index is 11.9. The van der Waals surface area contributed by atoms with Crippen molar-refractivity contribution in [2.75, 3.05) is 0 Å². The van der Waals surface area contributed by atoms with Gasteiger partial charge in [-0.1, -0.05) is 6.07 Å². The molecule has 3 heterocycles. The Hall–Kier alpha value is -3.16. The van der Waals surface area contributed by atoms with E-state index in [4.69, 9.17) is 0 Å². The largest absolute Gasteiger partial charge is 0.348 e. The second kappa shape index (κ2) is 6.08. The number of Topliss-reactive ketones (excluding diaryl/α,β-unsaturated/α-hetero) is 2. The summed E-state index contributed by atoms with van der Waals surface area (Å²) in [6.07, 6.45) is 5.39. The van der Waals surface area contributed by atoms with Crippen LogP contribution in [0.25, 0.3) is 0 Å². The number of nitrogens with zero attached hydrogens (tertiary/aromatic N) is 5. The van der Waals surface area contributed by atoms with Gasteiger partial charge in [-0.05, 0) is 29.0 Å². The lowest BCUT2D eigenvalue weighted by molar-refractivity contribution is -0.114. The SMILES string of the molecule is O=C(Cc1ccn(Cc2ccccn2)c1)C(=O)c1nn[nH]n1. The van der Waals surface area contributed by atoms with Crippen molar-refractivity contribution in [3.8, 4) is 0 Å². The van der Waals surface area contributed by atoms with Gasteiger partial charge in [-0.25, -0.2) is 0 Å². The minimum absolute atomic E-state index is 0.00257. The number of rotatable bonds is 6. The summed E-state index contributed by atoms with van der Waals surface area (Å²) in [5.41, 5.74) is 1.66. The second-order valence-corrected chi connectivity index (χ2v) is 4.68. The number of carbonyl (C=O) groups excluding carboxylic acids is 2. The van der Waals surface area contributed by atoms with Crippen molar-refractivity contribution in [3.05, 3.63) is 59.9 Å². The molecular formula is C14H12N6O2. The molecule has 0 atom stereocenters. The van der Waals surface area contributed by atoms with Crippen molar-refractivity contribution < 1.29 is 9.59 Å². The van der Waals surface area contributed by atoms with Gasteiger partial charge >= 0.3 is 0 Å². The molecule has 110 valence electrons. The molecule has 0 aliphatic heterocycles. The number of carbonyl (C=O) groups is 2. The fourth-order valence-electron chi connectivity index (χ4n) is 2.02. The van der Waals surface area contributed by atoms with Gasteiger partial charge < -0.3 is 4.57 Å². The zero-order chi connectivity index (χ0) is 15.4. The van der Waals surface area contributed by atoms with Gasteiger partial charge in [0.25, 0.3) is 5.78 Å². The summed E-state index contributed by atoms with van der Waals surface area (Å²) in [7, 11) is 0. The lowest BCUT2D eigenvalue weighted by atomic mass is 10.1. The fourth-order valence-corrected chi connectivity index (χ4v) is 2.02. The molecule has 3 aromatic rings. The summed E-state index contributed by atoms with van der Waals surface area (Å²) in [4.78, 5) is 27.9. The first kappa shape index (κ1) is 13.8. The van der Waals surface area contributed by atoms with E-state index in [-0.39, 0.29) is 12.2 Å². The Balaban J connectivity index is 1.64. The van der Waals surface area contributed by atoms with Gasteiger partial charge in [0.05, 0.1) is 12.2 Å². The van der Waals surface area contributed by atoms with Crippen LogP contribution < -0.4 is 0 Å². The number of aromatic nitrogens is 6. The molecule has 0 aromatic carbocycles. The lowest BCUT2D eigenvalue weighted by Crippen LogP contribution is -2.18. The van der Waals surface area contributed by atoms with Crippen molar-refractivity contribution in [3.63, 3.8) is 0 Å². The summed E-state index contributed by atoms with van der Waals surface area (Å²) < 4.78 is 1.91. The summed E-state index contributed by atoms with van der Waals surface area (Å²) in [5, 5.41) is 12.4. The number of ketones is 2. The lowest BCUT2D eigenvalue weighted by Gasteiger charge is -2.01. The highest BCUT2D eigenvalue weighted by Gasteiger charge is 2.20. The van der Waals surface area contributed by atoms with E-state index in [1.807, 2.05) is 35.2 Å². The molecule has 0 amide bonds. The topological polar surface area (TPSA) is 106 Å². The zero-order valence-corrected chi connectivity index (χ0v) is 11.5. The molecule has 0 spiro atoms. The van der Waals surface area contributed by atoms with Crippen LogP contribution in [0.5, 0.6) is 0 Å². The van der Waals surface area contributed by atoms with Crippen LogP contribution in [-0.2, 0) is 17.8 Å². The van der Waals surface area contributed by atoms with Crippen LogP contribution in [0.1, 0.15) is 21.9 Å². The number of hydrogen-bond donors (Lipinski definition) is 1. The third kappa shape index (κ3) is 3.11. The Morgan fingerprint density at radius 1 is 1.23 bits per heavy atom. The van der Waals surface area contributed by atoms with E-state index in [0.717, 1.165) is 11.3 Å². The molecule has 8 nitrogen and oxygen atoms in total. The Morgan fingerprint density at radius 3 is 2.86 bits per heavy atom. The molecule has 1 N–H and O–H groups in total. The molecule has 0 aliphatic carbocycles. The van der Waals surface area contributed by atoms with E-state index in [9.17, 15) is 9.59 Å².